The highest BCUT2D eigenvalue weighted by Crippen LogP contribution is 2.01. The molecule has 1 amide bonds. The fourth-order valence-electron chi connectivity index (χ4n) is 1.41. The Hall–Kier alpha value is -2.04. The van der Waals surface area contributed by atoms with Crippen LogP contribution in [0.3, 0.4) is 0 Å². The summed E-state index contributed by atoms with van der Waals surface area (Å²) in [6.07, 6.45) is 0.658. The second kappa shape index (κ2) is 7.32. The van der Waals surface area contributed by atoms with Crippen molar-refractivity contribution in [2.45, 2.75) is 32.4 Å². The summed E-state index contributed by atoms with van der Waals surface area (Å²) in [7, 11) is 0. The molecule has 0 fully saturated rings. The van der Waals surface area contributed by atoms with E-state index in [0.717, 1.165) is 5.56 Å². The van der Waals surface area contributed by atoms with Crippen molar-refractivity contribution in [3.8, 4) is 0 Å². The molecular weight excluding hydrogens is 230 g/mol. The lowest BCUT2D eigenvalue weighted by atomic mass is 10.2. The number of amides is 1. The van der Waals surface area contributed by atoms with E-state index in [1.54, 1.807) is 0 Å². The molecule has 5 heteroatoms. The van der Waals surface area contributed by atoms with Gasteiger partial charge >= 0.3 is 6.09 Å². The second-order valence-corrected chi connectivity index (χ2v) is 4.17. The third-order valence-corrected chi connectivity index (χ3v) is 2.42. The minimum absolute atomic E-state index is 0.0582. The first kappa shape index (κ1) is 14.0. The largest absolute Gasteiger partial charge is 0.445 e. The molecule has 1 atom stereocenters. The van der Waals surface area contributed by atoms with Crippen LogP contribution in [0.5, 0.6) is 0 Å². The van der Waals surface area contributed by atoms with Gasteiger partial charge in [-0.2, -0.15) is 0 Å². The normalized spacial score (nSPS) is 11.6. The lowest BCUT2D eigenvalue weighted by molar-refractivity contribution is 0.136. The van der Waals surface area contributed by atoms with Gasteiger partial charge in [0.05, 0.1) is 5.84 Å². The molecule has 1 aromatic carbocycles. The molecule has 98 valence electrons. The van der Waals surface area contributed by atoms with Gasteiger partial charge in [-0.05, 0) is 18.9 Å². The first-order valence-electron chi connectivity index (χ1n) is 5.88. The number of ether oxygens (including phenoxy) is 1. The molecule has 18 heavy (non-hydrogen) atoms. The maximum absolute atomic E-state index is 11.5. The van der Waals surface area contributed by atoms with E-state index in [1.807, 2.05) is 37.3 Å². The van der Waals surface area contributed by atoms with Crippen LogP contribution in [0.25, 0.3) is 0 Å². The zero-order chi connectivity index (χ0) is 13.4. The number of benzene rings is 1. The summed E-state index contributed by atoms with van der Waals surface area (Å²) in [5, 5.41) is 9.79. The molecule has 1 rings (SSSR count). The molecule has 5 nitrogen and oxygen atoms in total. The molecule has 0 aliphatic rings. The van der Waals surface area contributed by atoms with Gasteiger partial charge in [0.15, 0.2) is 0 Å². The van der Waals surface area contributed by atoms with Crippen LogP contribution in [0, 0.1) is 5.41 Å². The molecule has 0 aliphatic carbocycles. The molecule has 0 aromatic heterocycles. The summed E-state index contributed by atoms with van der Waals surface area (Å²) in [5.41, 5.74) is 6.19. The van der Waals surface area contributed by atoms with Crippen molar-refractivity contribution < 1.29 is 9.53 Å². The van der Waals surface area contributed by atoms with Gasteiger partial charge in [0, 0.05) is 12.5 Å². The summed E-state index contributed by atoms with van der Waals surface area (Å²) in [4.78, 5) is 11.5. The quantitative estimate of drug-likeness (QED) is 0.532. The van der Waals surface area contributed by atoms with Crippen LogP contribution in [0.1, 0.15) is 25.3 Å². The number of hydrogen-bond donors (Lipinski definition) is 3. The van der Waals surface area contributed by atoms with E-state index >= 15 is 0 Å². The first-order chi connectivity index (χ1) is 8.58. The number of alkyl carbamates (subject to hydrolysis) is 1. The van der Waals surface area contributed by atoms with Crippen molar-refractivity contribution in [2.75, 3.05) is 0 Å². The molecule has 0 saturated carbocycles. The van der Waals surface area contributed by atoms with Crippen molar-refractivity contribution in [3.63, 3.8) is 0 Å². The Morgan fingerprint density at radius 1 is 1.44 bits per heavy atom. The third-order valence-electron chi connectivity index (χ3n) is 2.42. The van der Waals surface area contributed by atoms with Crippen LogP contribution in [0.15, 0.2) is 30.3 Å². The van der Waals surface area contributed by atoms with Gasteiger partial charge in [0.25, 0.3) is 0 Å². The van der Waals surface area contributed by atoms with Gasteiger partial charge in [-0.25, -0.2) is 4.79 Å². The first-order valence-corrected chi connectivity index (χ1v) is 5.88. The average molecular weight is 249 g/mol. The van der Waals surface area contributed by atoms with Crippen LogP contribution in [-0.2, 0) is 11.3 Å². The summed E-state index contributed by atoms with van der Waals surface area (Å²) in [6, 6.07) is 9.43. The molecule has 1 aromatic rings. The third kappa shape index (κ3) is 5.89. The Labute approximate surface area is 107 Å². The van der Waals surface area contributed by atoms with Crippen molar-refractivity contribution in [1.29, 1.82) is 5.41 Å². The second-order valence-electron chi connectivity index (χ2n) is 4.17. The van der Waals surface area contributed by atoms with E-state index in [4.69, 9.17) is 15.9 Å². The number of hydrogen-bond acceptors (Lipinski definition) is 3. The van der Waals surface area contributed by atoms with E-state index < -0.39 is 6.09 Å². The van der Waals surface area contributed by atoms with Crippen LogP contribution < -0.4 is 11.1 Å². The SMILES string of the molecule is CC(CCC(=N)N)NC(=O)OCc1ccccc1. The van der Waals surface area contributed by atoms with Crippen LogP contribution >= 0.6 is 0 Å². The Bertz CT molecular complexity index is 392. The predicted octanol–water partition coefficient (Wildman–Crippen LogP) is 2.02. The minimum atomic E-state index is -0.449. The van der Waals surface area contributed by atoms with Gasteiger partial charge < -0.3 is 15.8 Å². The monoisotopic (exact) mass is 249 g/mol. The molecule has 0 radical (unpaired) electrons. The number of rotatable bonds is 6. The average Bonchev–Trinajstić information content (AvgIpc) is 2.35. The van der Waals surface area contributed by atoms with E-state index in [-0.39, 0.29) is 18.5 Å². The molecule has 0 spiro atoms. The topological polar surface area (TPSA) is 88.2 Å². The standard InChI is InChI=1S/C13H19N3O2/c1-10(7-8-12(14)15)16-13(17)18-9-11-5-3-2-4-6-11/h2-6,10H,7-9H2,1H3,(H3,14,15)(H,16,17). The van der Waals surface area contributed by atoms with E-state index in [1.165, 1.54) is 0 Å². The summed E-state index contributed by atoms with van der Waals surface area (Å²) >= 11 is 0. The maximum atomic E-state index is 11.5. The van der Waals surface area contributed by atoms with Crippen molar-refractivity contribution in [1.82, 2.24) is 5.32 Å². The van der Waals surface area contributed by atoms with Crippen molar-refractivity contribution in [2.24, 2.45) is 5.73 Å². The Balaban J connectivity index is 2.23. The van der Waals surface area contributed by atoms with Crippen molar-refractivity contribution >= 4 is 11.9 Å². The number of nitrogens with one attached hydrogen (secondary N) is 2. The predicted molar refractivity (Wildman–Crippen MR) is 70.4 cm³/mol. The Morgan fingerprint density at radius 2 is 2.11 bits per heavy atom. The highest BCUT2D eigenvalue weighted by Gasteiger charge is 2.08. The summed E-state index contributed by atoms with van der Waals surface area (Å²) in [5.74, 6) is 0.126. The number of amidine groups is 1. The van der Waals surface area contributed by atoms with Crippen LogP contribution in [-0.4, -0.2) is 18.0 Å². The van der Waals surface area contributed by atoms with Gasteiger partial charge in [0.2, 0.25) is 0 Å². The smallest absolute Gasteiger partial charge is 0.407 e. The number of carbonyl (C=O) groups is 1. The lowest BCUT2D eigenvalue weighted by Gasteiger charge is -2.13. The van der Waals surface area contributed by atoms with E-state index in [9.17, 15) is 4.79 Å². The molecule has 0 aliphatic heterocycles. The van der Waals surface area contributed by atoms with E-state index in [0.29, 0.717) is 12.8 Å². The maximum Gasteiger partial charge on any atom is 0.407 e. The fourth-order valence-corrected chi connectivity index (χ4v) is 1.41. The molecule has 4 N–H and O–H groups in total. The Kier molecular flexibility index (Phi) is 5.70. The zero-order valence-corrected chi connectivity index (χ0v) is 10.5. The Morgan fingerprint density at radius 3 is 2.72 bits per heavy atom. The lowest BCUT2D eigenvalue weighted by Crippen LogP contribution is -2.33. The summed E-state index contributed by atoms with van der Waals surface area (Å²) < 4.78 is 5.07. The van der Waals surface area contributed by atoms with E-state index in [2.05, 4.69) is 5.32 Å². The van der Waals surface area contributed by atoms with Gasteiger partial charge in [-0.3, -0.25) is 5.41 Å². The molecule has 0 saturated heterocycles. The molecule has 1 unspecified atom stereocenters. The zero-order valence-electron chi connectivity index (χ0n) is 10.5. The number of nitrogens with two attached hydrogens (primary N) is 1. The summed E-state index contributed by atoms with van der Waals surface area (Å²) in [6.45, 7) is 2.11. The van der Waals surface area contributed by atoms with Gasteiger partial charge in [0.1, 0.15) is 6.61 Å². The van der Waals surface area contributed by atoms with Gasteiger partial charge in [-0.1, -0.05) is 30.3 Å². The highest BCUT2D eigenvalue weighted by molar-refractivity contribution is 5.76. The number of carbonyl (C=O) groups excluding carboxylic acids is 1. The molecule has 0 bridgehead atoms. The van der Waals surface area contributed by atoms with Crippen molar-refractivity contribution in [3.05, 3.63) is 35.9 Å². The highest BCUT2D eigenvalue weighted by atomic mass is 16.5. The molecular formula is C13H19N3O2. The van der Waals surface area contributed by atoms with Gasteiger partial charge in [-0.15, -0.1) is 0 Å². The fraction of sp³-hybridized carbons (Fsp3) is 0.385. The van der Waals surface area contributed by atoms with Crippen LogP contribution in [0.2, 0.25) is 0 Å². The minimum Gasteiger partial charge on any atom is -0.445 e. The molecule has 0 heterocycles. The van der Waals surface area contributed by atoms with Crippen LogP contribution in [0.4, 0.5) is 4.79 Å².